The van der Waals surface area contributed by atoms with E-state index in [1.165, 1.54) is 12.8 Å². The van der Waals surface area contributed by atoms with Gasteiger partial charge in [-0.2, -0.15) is 0 Å². The number of nitrogens with zero attached hydrogens (tertiary/aromatic N) is 1. The first-order chi connectivity index (χ1) is 7.49. The molecule has 1 N–H and O–H groups in total. The Balaban J connectivity index is 2.69. The van der Waals surface area contributed by atoms with E-state index < -0.39 is 0 Å². The molecule has 0 aliphatic carbocycles. The Hall–Kier alpha value is -0.120. The highest BCUT2D eigenvalue weighted by molar-refractivity contribution is 4.97. The summed E-state index contributed by atoms with van der Waals surface area (Å²) in [6.07, 6.45) is 2.39. The van der Waals surface area contributed by atoms with Crippen molar-refractivity contribution in [3.05, 3.63) is 0 Å². The molecular formula is C13H28N2O. The van der Waals surface area contributed by atoms with Gasteiger partial charge in [0.2, 0.25) is 0 Å². The summed E-state index contributed by atoms with van der Waals surface area (Å²) in [5.41, 5.74) is 0.454. The highest BCUT2D eigenvalue weighted by Crippen LogP contribution is 2.25. The summed E-state index contributed by atoms with van der Waals surface area (Å²) in [7, 11) is 1.79. The molecule has 1 heterocycles. The van der Waals surface area contributed by atoms with E-state index in [1.54, 1.807) is 7.11 Å². The molecule has 1 aliphatic rings. The van der Waals surface area contributed by atoms with Crippen molar-refractivity contribution in [2.24, 2.45) is 0 Å². The lowest BCUT2D eigenvalue weighted by Gasteiger charge is -2.49. The number of nitrogens with one attached hydrogen (secondary N) is 1. The second-order valence-electron chi connectivity index (χ2n) is 5.58. The SMILES string of the molecule is CCC1(CC)CN(C(C)(C)COC)CCN1. The van der Waals surface area contributed by atoms with Crippen LogP contribution in [0.2, 0.25) is 0 Å². The number of hydrogen-bond acceptors (Lipinski definition) is 3. The third-order valence-corrected chi connectivity index (χ3v) is 4.08. The summed E-state index contributed by atoms with van der Waals surface area (Å²) in [5, 5.41) is 3.69. The van der Waals surface area contributed by atoms with Gasteiger partial charge < -0.3 is 10.1 Å². The van der Waals surface area contributed by atoms with Crippen molar-refractivity contribution in [1.29, 1.82) is 0 Å². The van der Waals surface area contributed by atoms with Crippen molar-refractivity contribution >= 4 is 0 Å². The fourth-order valence-electron chi connectivity index (χ4n) is 2.64. The van der Waals surface area contributed by atoms with Gasteiger partial charge >= 0.3 is 0 Å². The van der Waals surface area contributed by atoms with Crippen molar-refractivity contribution in [2.45, 2.75) is 51.6 Å². The van der Waals surface area contributed by atoms with Crippen LogP contribution < -0.4 is 5.32 Å². The molecule has 3 heteroatoms. The Morgan fingerprint density at radius 1 is 1.31 bits per heavy atom. The van der Waals surface area contributed by atoms with Crippen LogP contribution in [0.3, 0.4) is 0 Å². The van der Waals surface area contributed by atoms with Gasteiger partial charge in [0, 0.05) is 37.8 Å². The molecular weight excluding hydrogens is 200 g/mol. The molecule has 0 aromatic heterocycles. The van der Waals surface area contributed by atoms with Crippen molar-refractivity contribution in [2.75, 3.05) is 33.4 Å². The summed E-state index contributed by atoms with van der Waals surface area (Å²) >= 11 is 0. The molecule has 0 unspecified atom stereocenters. The fraction of sp³-hybridized carbons (Fsp3) is 1.00. The van der Waals surface area contributed by atoms with Gasteiger partial charge in [0.25, 0.3) is 0 Å². The Bertz CT molecular complexity index is 212. The third-order valence-electron chi connectivity index (χ3n) is 4.08. The van der Waals surface area contributed by atoms with Crippen molar-refractivity contribution in [1.82, 2.24) is 10.2 Å². The second kappa shape index (κ2) is 5.48. The van der Waals surface area contributed by atoms with Gasteiger partial charge in [-0.1, -0.05) is 13.8 Å². The van der Waals surface area contributed by atoms with Crippen LogP contribution >= 0.6 is 0 Å². The maximum Gasteiger partial charge on any atom is 0.0641 e. The Kier molecular flexibility index (Phi) is 4.77. The van der Waals surface area contributed by atoms with E-state index in [4.69, 9.17) is 4.74 Å². The molecule has 1 rings (SSSR count). The van der Waals surface area contributed by atoms with Crippen molar-refractivity contribution in [3.63, 3.8) is 0 Å². The molecule has 96 valence electrons. The number of piperazine rings is 1. The van der Waals surface area contributed by atoms with Gasteiger partial charge in [-0.15, -0.1) is 0 Å². The van der Waals surface area contributed by atoms with E-state index in [0.717, 1.165) is 26.2 Å². The van der Waals surface area contributed by atoms with Crippen LogP contribution in [0, 0.1) is 0 Å². The molecule has 0 radical (unpaired) electrons. The molecule has 0 saturated carbocycles. The first-order valence-electron chi connectivity index (χ1n) is 6.48. The van der Waals surface area contributed by atoms with Crippen LogP contribution in [0.15, 0.2) is 0 Å². The van der Waals surface area contributed by atoms with E-state index in [1.807, 2.05) is 0 Å². The van der Waals surface area contributed by atoms with Gasteiger partial charge in [-0.05, 0) is 26.7 Å². The normalized spacial score (nSPS) is 22.3. The highest BCUT2D eigenvalue weighted by Gasteiger charge is 2.37. The lowest BCUT2D eigenvalue weighted by atomic mass is 9.88. The monoisotopic (exact) mass is 228 g/mol. The number of ether oxygens (including phenoxy) is 1. The molecule has 0 spiro atoms. The molecule has 0 atom stereocenters. The topological polar surface area (TPSA) is 24.5 Å². The highest BCUT2D eigenvalue weighted by atomic mass is 16.5. The maximum atomic E-state index is 5.33. The van der Waals surface area contributed by atoms with E-state index in [2.05, 4.69) is 37.9 Å². The van der Waals surface area contributed by atoms with E-state index >= 15 is 0 Å². The number of hydrogen-bond donors (Lipinski definition) is 1. The fourth-order valence-corrected chi connectivity index (χ4v) is 2.64. The molecule has 16 heavy (non-hydrogen) atoms. The van der Waals surface area contributed by atoms with Gasteiger partial charge in [-0.3, -0.25) is 4.90 Å². The summed E-state index contributed by atoms with van der Waals surface area (Å²) < 4.78 is 5.33. The Morgan fingerprint density at radius 3 is 2.44 bits per heavy atom. The minimum atomic E-state index is 0.145. The minimum absolute atomic E-state index is 0.145. The molecule has 1 fully saturated rings. The molecule has 1 aliphatic heterocycles. The average molecular weight is 228 g/mol. The largest absolute Gasteiger partial charge is 0.383 e. The standard InChI is InChI=1S/C13H28N2O/c1-6-13(7-2)10-15(9-8-14-13)12(3,4)11-16-5/h14H,6-11H2,1-5H3. The summed E-state index contributed by atoms with van der Waals surface area (Å²) in [6.45, 7) is 13.3. The molecule has 0 aromatic rings. The molecule has 0 bridgehead atoms. The van der Waals surface area contributed by atoms with Gasteiger partial charge in [0.05, 0.1) is 6.61 Å². The van der Waals surface area contributed by atoms with Crippen LogP contribution in [0.25, 0.3) is 0 Å². The predicted octanol–water partition coefficient (Wildman–Crippen LogP) is 1.88. The minimum Gasteiger partial charge on any atom is -0.383 e. The molecule has 1 saturated heterocycles. The lowest BCUT2D eigenvalue weighted by Crippen LogP contribution is -2.65. The van der Waals surface area contributed by atoms with Crippen LogP contribution in [0.1, 0.15) is 40.5 Å². The summed E-state index contributed by atoms with van der Waals surface area (Å²) in [6, 6.07) is 0. The lowest BCUT2D eigenvalue weighted by molar-refractivity contribution is -0.00530. The van der Waals surface area contributed by atoms with Gasteiger partial charge in [0.1, 0.15) is 0 Å². The number of methoxy groups -OCH3 is 1. The molecule has 0 amide bonds. The van der Waals surface area contributed by atoms with Crippen LogP contribution in [-0.4, -0.2) is 49.3 Å². The Morgan fingerprint density at radius 2 is 1.94 bits per heavy atom. The van der Waals surface area contributed by atoms with E-state index in [-0.39, 0.29) is 5.54 Å². The van der Waals surface area contributed by atoms with Crippen LogP contribution in [0.5, 0.6) is 0 Å². The zero-order chi connectivity index (χ0) is 12.2. The first kappa shape index (κ1) is 13.9. The van der Waals surface area contributed by atoms with Crippen LogP contribution in [-0.2, 0) is 4.74 Å². The maximum absolute atomic E-state index is 5.33. The second-order valence-corrected chi connectivity index (χ2v) is 5.58. The molecule has 0 aromatic carbocycles. The quantitative estimate of drug-likeness (QED) is 0.777. The van der Waals surface area contributed by atoms with Crippen molar-refractivity contribution in [3.8, 4) is 0 Å². The zero-order valence-electron chi connectivity index (χ0n) is 11.6. The summed E-state index contributed by atoms with van der Waals surface area (Å²) in [5.74, 6) is 0. The van der Waals surface area contributed by atoms with Gasteiger partial charge in [0.15, 0.2) is 0 Å². The van der Waals surface area contributed by atoms with E-state index in [0.29, 0.717) is 5.54 Å². The Labute approximate surface area is 101 Å². The third kappa shape index (κ3) is 2.96. The van der Waals surface area contributed by atoms with Crippen molar-refractivity contribution < 1.29 is 4.74 Å². The molecule has 3 nitrogen and oxygen atoms in total. The van der Waals surface area contributed by atoms with Crippen LogP contribution in [0.4, 0.5) is 0 Å². The smallest absolute Gasteiger partial charge is 0.0641 e. The summed E-state index contributed by atoms with van der Waals surface area (Å²) in [4.78, 5) is 2.57. The van der Waals surface area contributed by atoms with E-state index in [9.17, 15) is 0 Å². The zero-order valence-corrected chi connectivity index (χ0v) is 11.6. The first-order valence-corrected chi connectivity index (χ1v) is 6.48. The predicted molar refractivity (Wildman–Crippen MR) is 68.8 cm³/mol. The van der Waals surface area contributed by atoms with Gasteiger partial charge in [-0.25, -0.2) is 0 Å². The number of rotatable bonds is 5. The average Bonchev–Trinajstić information content (AvgIpc) is 2.29.